The molecule has 1 N–H and O–H groups in total. The minimum Gasteiger partial charge on any atom is -0.312 e. The van der Waals surface area contributed by atoms with E-state index in [-0.39, 0.29) is 0 Å². The molecule has 2 nitrogen and oxygen atoms in total. The molecule has 0 aromatic rings. The molecule has 2 saturated heterocycles. The fraction of sp³-hybridized carbons (Fsp3) is 1.00. The maximum Gasteiger partial charge on any atom is 0.0265 e. The third-order valence-corrected chi connectivity index (χ3v) is 6.49. The number of nitrogens with one attached hydrogen (secondary N) is 1. The first-order chi connectivity index (χ1) is 8.25. The van der Waals surface area contributed by atoms with Crippen molar-refractivity contribution in [2.24, 2.45) is 5.92 Å². The molecule has 2 unspecified atom stereocenters. The van der Waals surface area contributed by atoms with Crippen LogP contribution in [0.15, 0.2) is 0 Å². The Balaban J connectivity index is 1.81. The Bertz CT molecular complexity index is 217. The van der Waals surface area contributed by atoms with E-state index < -0.39 is 0 Å². The Morgan fingerprint density at radius 3 is 2.94 bits per heavy atom. The van der Waals surface area contributed by atoms with Crippen molar-refractivity contribution in [2.45, 2.75) is 31.6 Å². The normalized spacial score (nSPS) is 32.6. The Labute approximate surface area is 115 Å². The second kappa shape index (κ2) is 7.27. The van der Waals surface area contributed by atoms with Gasteiger partial charge in [-0.05, 0) is 25.4 Å². The van der Waals surface area contributed by atoms with E-state index in [0.717, 1.165) is 11.2 Å². The lowest BCUT2D eigenvalue weighted by molar-refractivity contribution is 0.249. The average Bonchev–Trinajstić information content (AvgIpc) is 2.56. The van der Waals surface area contributed by atoms with Gasteiger partial charge in [0.05, 0.1) is 0 Å². The van der Waals surface area contributed by atoms with Crippen LogP contribution in [0.1, 0.15) is 20.3 Å². The molecule has 0 aromatic carbocycles. The molecule has 0 aromatic heterocycles. The second-order valence-corrected chi connectivity index (χ2v) is 8.04. The lowest BCUT2D eigenvalue weighted by Crippen LogP contribution is -2.43. The summed E-state index contributed by atoms with van der Waals surface area (Å²) in [5.41, 5.74) is 0. The number of thioether (sulfide) groups is 2. The topological polar surface area (TPSA) is 15.3 Å². The molecule has 2 rings (SSSR count). The fourth-order valence-corrected chi connectivity index (χ4v) is 5.28. The van der Waals surface area contributed by atoms with Gasteiger partial charge in [-0.2, -0.15) is 23.5 Å². The van der Waals surface area contributed by atoms with Gasteiger partial charge in [0, 0.05) is 41.6 Å². The highest BCUT2D eigenvalue weighted by atomic mass is 32.2. The van der Waals surface area contributed by atoms with Gasteiger partial charge in [0.1, 0.15) is 0 Å². The van der Waals surface area contributed by atoms with Gasteiger partial charge in [-0.25, -0.2) is 0 Å². The fourth-order valence-electron chi connectivity index (χ4n) is 2.57. The molecule has 0 amide bonds. The van der Waals surface area contributed by atoms with Crippen LogP contribution in [0, 0.1) is 5.92 Å². The lowest BCUT2D eigenvalue weighted by atomic mass is 10.0. The molecule has 2 aliphatic heterocycles. The minimum atomic E-state index is 0.693. The Morgan fingerprint density at radius 2 is 2.24 bits per heavy atom. The summed E-state index contributed by atoms with van der Waals surface area (Å²) in [4.78, 5) is 2.70. The van der Waals surface area contributed by atoms with Crippen molar-refractivity contribution < 1.29 is 0 Å². The highest BCUT2D eigenvalue weighted by molar-refractivity contribution is 8.06. The van der Waals surface area contributed by atoms with Gasteiger partial charge in [-0.15, -0.1) is 0 Å². The van der Waals surface area contributed by atoms with Crippen LogP contribution in [0.3, 0.4) is 0 Å². The molecule has 2 aliphatic rings. The Kier molecular flexibility index (Phi) is 6.00. The predicted octanol–water partition coefficient (Wildman–Crippen LogP) is 2.15. The largest absolute Gasteiger partial charge is 0.312 e. The Hall–Kier alpha value is 0.620. The molecule has 0 bridgehead atoms. The monoisotopic (exact) mass is 274 g/mol. The van der Waals surface area contributed by atoms with E-state index in [1.165, 1.54) is 49.9 Å². The maximum atomic E-state index is 3.69. The van der Waals surface area contributed by atoms with E-state index in [2.05, 4.69) is 47.6 Å². The molecule has 0 radical (unpaired) electrons. The summed E-state index contributed by atoms with van der Waals surface area (Å²) < 4.78 is 0. The van der Waals surface area contributed by atoms with Crippen LogP contribution in [-0.2, 0) is 0 Å². The van der Waals surface area contributed by atoms with Crippen molar-refractivity contribution in [2.75, 3.05) is 43.4 Å². The van der Waals surface area contributed by atoms with Crippen LogP contribution in [0.4, 0.5) is 0 Å². The standard InChI is InChI=1S/C13H26N2S2/c1-11(2)13-9-15(5-3-4-14-13)8-12-10-16-6-7-17-12/h11-14H,3-10H2,1-2H3. The summed E-state index contributed by atoms with van der Waals surface area (Å²) in [5.74, 6) is 4.83. The zero-order valence-corrected chi connectivity index (χ0v) is 12.8. The Morgan fingerprint density at radius 1 is 1.35 bits per heavy atom. The first kappa shape index (κ1) is 14.0. The quantitative estimate of drug-likeness (QED) is 0.848. The van der Waals surface area contributed by atoms with Crippen molar-refractivity contribution in [3.05, 3.63) is 0 Å². The van der Waals surface area contributed by atoms with Gasteiger partial charge >= 0.3 is 0 Å². The first-order valence-electron chi connectivity index (χ1n) is 6.91. The summed E-state index contributed by atoms with van der Waals surface area (Å²) in [7, 11) is 0. The van der Waals surface area contributed by atoms with Gasteiger partial charge in [-0.1, -0.05) is 13.8 Å². The minimum absolute atomic E-state index is 0.693. The molecule has 4 heteroatoms. The molecule has 0 saturated carbocycles. The van der Waals surface area contributed by atoms with Gasteiger partial charge in [0.25, 0.3) is 0 Å². The summed E-state index contributed by atoms with van der Waals surface area (Å²) >= 11 is 4.33. The summed E-state index contributed by atoms with van der Waals surface area (Å²) in [6.07, 6.45) is 1.31. The number of hydrogen-bond donors (Lipinski definition) is 1. The predicted molar refractivity (Wildman–Crippen MR) is 81.3 cm³/mol. The van der Waals surface area contributed by atoms with Gasteiger partial charge < -0.3 is 10.2 Å². The summed E-state index contributed by atoms with van der Waals surface area (Å²) in [6, 6.07) is 0.693. The van der Waals surface area contributed by atoms with Gasteiger partial charge in [0.15, 0.2) is 0 Å². The first-order valence-corrected chi connectivity index (χ1v) is 9.11. The van der Waals surface area contributed by atoms with Crippen molar-refractivity contribution in [1.82, 2.24) is 10.2 Å². The highest BCUT2D eigenvalue weighted by Gasteiger charge is 2.23. The van der Waals surface area contributed by atoms with E-state index >= 15 is 0 Å². The number of nitrogens with zero attached hydrogens (tertiary/aromatic N) is 1. The zero-order valence-electron chi connectivity index (χ0n) is 11.2. The number of rotatable bonds is 3. The van der Waals surface area contributed by atoms with Crippen molar-refractivity contribution in [3.63, 3.8) is 0 Å². The third kappa shape index (κ3) is 4.66. The van der Waals surface area contributed by atoms with Crippen LogP contribution in [0.5, 0.6) is 0 Å². The van der Waals surface area contributed by atoms with Crippen LogP contribution < -0.4 is 5.32 Å². The van der Waals surface area contributed by atoms with Crippen molar-refractivity contribution in [1.29, 1.82) is 0 Å². The van der Waals surface area contributed by atoms with E-state index in [9.17, 15) is 0 Å². The summed E-state index contributed by atoms with van der Waals surface area (Å²) in [5, 5.41) is 4.57. The van der Waals surface area contributed by atoms with Crippen LogP contribution in [0.25, 0.3) is 0 Å². The van der Waals surface area contributed by atoms with Crippen molar-refractivity contribution >= 4 is 23.5 Å². The molecular formula is C13H26N2S2. The van der Waals surface area contributed by atoms with Crippen LogP contribution >= 0.6 is 23.5 Å². The van der Waals surface area contributed by atoms with Gasteiger partial charge in [-0.3, -0.25) is 0 Å². The lowest BCUT2D eigenvalue weighted by Gasteiger charge is -2.31. The van der Waals surface area contributed by atoms with E-state index in [1.54, 1.807) is 0 Å². The van der Waals surface area contributed by atoms with E-state index in [0.29, 0.717) is 6.04 Å². The molecule has 2 atom stereocenters. The van der Waals surface area contributed by atoms with Crippen molar-refractivity contribution in [3.8, 4) is 0 Å². The second-order valence-electron chi connectivity index (χ2n) is 5.49. The third-order valence-electron chi connectivity index (χ3n) is 3.66. The average molecular weight is 274 g/mol. The van der Waals surface area contributed by atoms with Crippen LogP contribution in [-0.4, -0.2) is 59.6 Å². The molecule has 0 aliphatic carbocycles. The van der Waals surface area contributed by atoms with Crippen LogP contribution in [0.2, 0.25) is 0 Å². The van der Waals surface area contributed by atoms with Gasteiger partial charge in [0.2, 0.25) is 0 Å². The summed E-state index contributed by atoms with van der Waals surface area (Å²) in [6.45, 7) is 9.73. The maximum absolute atomic E-state index is 3.69. The molecule has 2 fully saturated rings. The molecule has 100 valence electrons. The molecule has 2 heterocycles. The van der Waals surface area contributed by atoms with E-state index in [1.807, 2.05) is 0 Å². The smallest absolute Gasteiger partial charge is 0.0265 e. The molecule has 17 heavy (non-hydrogen) atoms. The number of hydrogen-bond acceptors (Lipinski definition) is 4. The molecular weight excluding hydrogens is 248 g/mol. The zero-order chi connectivity index (χ0) is 12.1. The molecule has 0 spiro atoms. The van der Waals surface area contributed by atoms with E-state index in [4.69, 9.17) is 0 Å². The highest BCUT2D eigenvalue weighted by Crippen LogP contribution is 2.25. The SMILES string of the molecule is CC(C)C1CN(CC2CSCCS2)CCCN1.